The monoisotopic (exact) mass is 619 g/mol. The number of methoxy groups -OCH3 is 1. The standard InChI is InChI=1S/C37H37N3O6/c1-6-46-35(42)22-40-32-20-24(3)12-16-31(32)39(18-17-34(40)41)37(44)26-13-15-30(33(21-26)45-5)38-36(43)29-10-8-7-9-28(29)27-14-11-23(2)19-25(27)4/h7-16,19-21H,6,17-18,22H2,1-5H3,(H,38,43). The molecule has 0 atom stereocenters. The van der Waals surface area contributed by atoms with E-state index in [4.69, 9.17) is 9.47 Å². The summed E-state index contributed by atoms with van der Waals surface area (Å²) in [6.45, 7) is 7.70. The summed E-state index contributed by atoms with van der Waals surface area (Å²) >= 11 is 0. The average Bonchev–Trinajstić information content (AvgIpc) is 3.16. The van der Waals surface area contributed by atoms with Gasteiger partial charge in [-0.25, -0.2) is 0 Å². The van der Waals surface area contributed by atoms with Crippen LogP contribution >= 0.6 is 0 Å². The number of carbonyl (C=O) groups excluding carboxylic acids is 4. The summed E-state index contributed by atoms with van der Waals surface area (Å²) in [4.78, 5) is 56.0. The fraction of sp³-hybridized carbons (Fsp3) is 0.243. The van der Waals surface area contributed by atoms with E-state index in [0.29, 0.717) is 33.9 Å². The van der Waals surface area contributed by atoms with Crippen LogP contribution in [0.15, 0.2) is 78.9 Å². The molecule has 9 heteroatoms. The second-order valence-electron chi connectivity index (χ2n) is 11.2. The molecule has 0 fully saturated rings. The van der Waals surface area contributed by atoms with Crippen molar-refractivity contribution in [2.24, 2.45) is 0 Å². The summed E-state index contributed by atoms with van der Waals surface area (Å²) in [5.74, 6) is -1.17. The van der Waals surface area contributed by atoms with Gasteiger partial charge in [-0.3, -0.25) is 24.1 Å². The number of hydrogen-bond acceptors (Lipinski definition) is 6. The minimum absolute atomic E-state index is 0.0179. The highest BCUT2D eigenvalue weighted by Gasteiger charge is 2.32. The van der Waals surface area contributed by atoms with Crippen LogP contribution in [0, 0.1) is 20.8 Å². The lowest BCUT2D eigenvalue weighted by Crippen LogP contribution is -2.36. The van der Waals surface area contributed by atoms with E-state index >= 15 is 0 Å². The van der Waals surface area contributed by atoms with E-state index < -0.39 is 5.97 Å². The third-order valence-corrected chi connectivity index (χ3v) is 7.94. The molecule has 5 rings (SSSR count). The van der Waals surface area contributed by atoms with Gasteiger partial charge in [0.1, 0.15) is 12.3 Å². The molecule has 3 amide bonds. The number of hydrogen-bond donors (Lipinski definition) is 1. The summed E-state index contributed by atoms with van der Waals surface area (Å²) in [6.07, 6.45) is 0.0179. The molecule has 0 saturated heterocycles. The molecule has 0 aromatic heterocycles. The van der Waals surface area contributed by atoms with Crippen molar-refractivity contribution < 1.29 is 28.7 Å². The van der Waals surface area contributed by atoms with Gasteiger partial charge in [0, 0.05) is 24.1 Å². The van der Waals surface area contributed by atoms with Crippen molar-refractivity contribution >= 4 is 40.8 Å². The molecule has 1 aliphatic rings. The zero-order chi connectivity index (χ0) is 33.0. The van der Waals surface area contributed by atoms with Gasteiger partial charge in [0.25, 0.3) is 11.8 Å². The van der Waals surface area contributed by atoms with Gasteiger partial charge in [0.05, 0.1) is 30.8 Å². The Kier molecular flexibility index (Phi) is 9.51. The number of nitrogens with one attached hydrogen (secondary N) is 1. The van der Waals surface area contributed by atoms with Crippen molar-refractivity contribution in [3.8, 4) is 16.9 Å². The lowest BCUT2D eigenvalue weighted by atomic mass is 9.94. The van der Waals surface area contributed by atoms with Gasteiger partial charge in [0.15, 0.2) is 0 Å². The molecule has 9 nitrogen and oxygen atoms in total. The third-order valence-electron chi connectivity index (χ3n) is 7.94. The zero-order valence-corrected chi connectivity index (χ0v) is 26.7. The molecular weight excluding hydrogens is 582 g/mol. The van der Waals surface area contributed by atoms with E-state index in [1.807, 2.05) is 57.2 Å². The highest BCUT2D eigenvalue weighted by molar-refractivity contribution is 6.13. The number of benzene rings is 4. The van der Waals surface area contributed by atoms with Gasteiger partial charge >= 0.3 is 5.97 Å². The topological polar surface area (TPSA) is 105 Å². The van der Waals surface area contributed by atoms with Crippen molar-refractivity contribution in [3.63, 3.8) is 0 Å². The van der Waals surface area contributed by atoms with Gasteiger partial charge in [-0.05, 0) is 86.3 Å². The summed E-state index contributed by atoms with van der Waals surface area (Å²) in [5, 5.41) is 2.95. The first kappa shape index (κ1) is 32.0. The number of carbonyl (C=O) groups is 4. The Labute approximate surface area is 268 Å². The fourth-order valence-corrected chi connectivity index (χ4v) is 5.70. The minimum atomic E-state index is -0.526. The van der Waals surface area contributed by atoms with Crippen molar-refractivity contribution in [1.82, 2.24) is 0 Å². The largest absolute Gasteiger partial charge is 0.495 e. The van der Waals surface area contributed by atoms with Crippen molar-refractivity contribution in [3.05, 3.63) is 107 Å². The van der Waals surface area contributed by atoms with Gasteiger partial charge < -0.3 is 19.7 Å². The average molecular weight is 620 g/mol. The summed E-state index contributed by atoms with van der Waals surface area (Å²) in [5.41, 5.74) is 7.04. The molecule has 4 aromatic carbocycles. The number of nitrogens with zero attached hydrogens (tertiary/aromatic N) is 2. The van der Waals surface area contributed by atoms with Crippen LogP contribution in [0.2, 0.25) is 0 Å². The molecular formula is C37H37N3O6. The van der Waals surface area contributed by atoms with E-state index in [9.17, 15) is 19.2 Å². The van der Waals surface area contributed by atoms with Crippen LogP contribution in [0.25, 0.3) is 11.1 Å². The molecule has 0 bridgehead atoms. The fourth-order valence-electron chi connectivity index (χ4n) is 5.70. The van der Waals surface area contributed by atoms with Gasteiger partial charge in [-0.1, -0.05) is 48.0 Å². The Balaban J connectivity index is 1.43. The number of esters is 1. The second-order valence-corrected chi connectivity index (χ2v) is 11.2. The van der Waals surface area contributed by atoms with E-state index in [-0.39, 0.29) is 43.8 Å². The quantitative estimate of drug-likeness (QED) is 0.226. The van der Waals surface area contributed by atoms with Crippen LogP contribution in [0.4, 0.5) is 17.1 Å². The number of fused-ring (bicyclic) bond motifs is 1. The number of ether oxygens (including phenoxy) is 2. The lowest BCUT2D eigenvalue weighted by molar-refractivity contribution is -0.142. The molecule has 0 unspecified atom stereocenters. The van der Waals surface area contributed by atoms with Crippen molar-refractivity contribution in [2.45, 2.75) is 34.1 Å². The predicted molar refractivity (Wildman–Crippen MR) is 179 cm³/mol. The Bertz CT molecular complexity index is 1830. The Morgan fingerprint density at radius 3 is 2.33 bits per heavy atom. The van der Waals surface area contributed by atoms with Crippen LogP contribution in [0.3, 0.4) is 0 Å². The van der Waals surface area contributed by atoms with Crippen molar-refractivity contribution in [2.75, 3.05) is 41.9 Å². The maximum atomic E-state index is 14.0. The summed E-state index contributed by atoms with van der Waals surface area (Å²) < 4.78 is 10.7. The van der Waals surface area contributed by atoms with Crippen LogP contribution < -0.4 is 19.9 Å². The first-order chi connectivity index (χ1) is 22.1. The second kappa shape index (κ2) is 13.7. The predicted octanol–water partition coefficient (Wildman–Crippen LogP) is 6.49. The maximum absolute atomic E-state index is 14.0. The summed E-state index contributed by atoms with van der Waals surface area (Å²) in [6, 6.07) is 23.8. The zero-order valence-electron chi connectivity index (χ0n) is 26.7. The van der Waals surface area contributed by atoms with Gasteiger partial charge in [0.2, 0.25) is 5.91 Å². The first-order valence-electron chi connectivity index (χ1n) is 15.2. The van der Waals surface area contributed by atoms with E-state index in [1.54, 1.807) is 43.3 Å². The smallest absolute Gasteiger partial charge is 0.326 e. The Morgan fingerprint density at radius 2 is 1.59 bits per heavy atom. The SMILES string of the molecule is CCOC(=O)CN1C(=O)CCN(C(=O)c2ccc(NC(=O)c3ccccc3-c3ccc(C)cc3C)c(OC)c2)c2ccc(C)cc21. The molecule has 1 heterocycles. The van der Waals surface area contributed by atoms with Crippen LogP contribution in [0.1, 0.15) is 50.8 Å². The number of amides is 3. The molecule has 0 saturated carbocycles. The Morgan fingerprint density at radius 1 is 0.848 bits per heavy atom. The molecule has 46 heavy (non-hydrogen) atoms. The molecule has 0 spiro atoms. The highest BCUT2D eigenvalue weighted by Crippen LogP contribution is 2.36. The maximum Gasteiger partial charge on any atom is 0.326 e. The van der Waals surface area contributed by atoms with Crippen LogP contribution in [-0.2, 0) is 14.3 Å². The van der Waals surface area contributed by atoms with Crippen molar-refractivity contribution in [1.29, 1.82) is 0 Å². The Hall–Kier alpha value is -5.44. The molecule has 1 aliphatic heterocycles. The molecule has 0 radical (unpaired) electrons. The molecule has 1 N–H and O–H groups in total. The van der Waals surface area contributed by atoms with E-state index in [0.717, 1.165) is 27.8 Å². The van der Waals surface area contributed by atoms with Crippen LogP contribution in [-0.4, -0.2) is 50.5 Å². The minimum Gasteiger partial charge on any atom is -0.495 e. The lowest BCUT2D eigenvalue weighted by Gasteiger charge is -2.26. The van der Waals surface area contributed by atoms with E-state index in [2.05, 4.69) is 11.4 Å². The third kappa shape index (κ3) is 6.63. The number of rotatable bonds is 8. The first-order valence-corrected chi connectivity index (χ1v) is 15.2. The molecule has 0 aliphatic carbocycles. The molecule has 4 aromatic rings. The number of anilines is 3. The van der Waals surface area contributed by atoms with Gasteiger partial charge in [-0.2, -0.15) is 0 Å². The highest BCUT2D eigenvalue weighted by atomic mass is 16.5. The molecule has 236 valence electrons. The number of aryl methyl sites for hydroxylation is 3. The normalized spacial score (nSPS) is 12.7. The van der Waals surface area contributed by atoms with Crippen LogP contribution in [0.5, 0.6) is 5.75 Å². The van der Waals surface area contributed by atoms with E-state index in [1.165, 1.54) is 16.9 Å². The van der Waals surface area contributed by atoms with Gasteiger partial charge in [-0.15, -0.1) is 0 Å². The summed E-state index contributed by atoms with van der Waals surface area (Å²) in [7, 11) is 1.47.